The van der Waals surface area contributed by atoms with Crippen LogP contribution >= 0.6 is 0 Å². The van der Waals surface area contributed by atoms with Crippen molar-refractivity contribution in [2.24, 2.45) is 5.14 Å². The Morgan fingerprint density at radius 2 is 0.861 bits per heavy atom. The smallest absolute Gasteiger partial charge is 0.744 e. The zero-order valence-corrected chi connectivity index (χ0v) is 48.0. The van der Waals surface area contributed by atoms with Crippen molar-refractivity contribution in [1.82, 2.24) is 39.9 Å². The molecule has 0 spiro atoms. The molecule has 0 atom stereocenters. The van der Waals surface area contributed by atoms with E-state index in [9.17, 15) is 55.7 Å². The van der Waals surface area contributed by atoms with E-state index in [1.54, 1.807) is 0 Å². The fourth-order valence-electron chi connectivity index (χ4n) is 7.48. The Hall–Kier alpha value is -3.83. The number of anilines is 2. The van der Waals surface area contributed by atoms with Gasteiger partial charge < -0.3 is 49.3 Å². The van der Waals surface area contributed by atoms with Crippen LogP contribution in [-0.4, -0.2) is 85.7 Å². The maximum Gasteiger partial charge on any atom is 2.00 e. The molecule has 10 rings (SSSR count). The number of nitrogens with zero attached hydrogens (tertiary/aromatic N) is 8. The van der Waals surface area contributed by atoms with Crippen LogP contribution in [0.5, 0.6) is 0 Å². The van der Waals surface area contributed by atoms with Crippen LogP contribution in [0.2, 0.25) is 0 Å². The maximum atomic E-state index is 14.0. The number of fused-ring (bicyclic) bond motifs is 20. The van der Waals surface area contributed by atoms with E-state index < -0.39 is 70.0 Å². The van der Waals surface area contributed by atoms with Crippen LogP contribution in [0.4, 0.5) is 11.4 Å². The molecule has 33 heteroatoms. The summed E-state index contributed by atoms with van der Waals surface area (Å²) in [6.07, 6.45) is 0. The number of primary sulfonamides is 1. The molecular formula is C39H22CuN11Na3O13S5. The van der Waals surface area contributed by atoms with Gasteiger partial charge in [0, 0.05) is 50.5 Å². The summed E-state index contributed by atoms with van der Waals surface area (Å²) in [5, 5.41) is 5.65. The molecule has 0 amide bonds. The second kappa shape index (κ2) is 20.0. The molecule has 0 fully saturated rings. The van der Waals surface area contributed by atoms with Gasteiger partial charge in [-0.1, -0.05) is 24.3 Å². The van der Waals surface area contributed by atoms with Crippen LogP contribution in [0.3, 0.4) is 0 Å². The Bertz CT molecular complexity index is 4400. The van der Waals surface area contributed by atoms with E-state index in [0.717, 1.165) is 60.7 Å². The van der Waals surface area contributed by atoms with E-state index in [4.69, 9.17) is 10.9 Å². The minimum absolute atomic E-state index is 0. The van der Waals surface area contributed by atoms with Gasteiger partial charge in [0.2, 0.25) is 10.0 Å². The molecule has 5 N–H and O–H groups in total. The summed E-state index contributed by atoms with van der Waals surface area (Å²) in [4.78, 5) is 33.7. The summed E-state index contributed by atoms with van der Waals surface area (Å²) in [7, 11) is -24.2. The third-order valence-electron chi connectivity index (χ3n) is 10.7. The molecule has 2 aliphatic heterocycles. The normalized spacial score (nSPS) is 12.4. The number of hydrogen-bond donors (Lipinski definition) is 3. The molecule has 3 aromatic heterocycles. The number of rotatable bonds is 7. The Morgan fingerprint density at radius 3 is 1.32 bits per heavy atom. The molecule has 0 aliphatic carbocycles. The zero-order valence-electron chi connectivity index (χ0n) is 37.0. The van der Waals surface area contributed by atoms with Crippen molar-refractivity contribution in [3.63, 3.8) is 0 Å². The molecular weight excluding hydrogens is 1120 g/mol. The van der Waals surface area contributed by atoms with Gasteiger partial charge in [-0.3, -0.25) is 4.72 Å². The monoisotopic (exact) mass is 1140 g/mol. The number of sulfonamides is 2. The molecule has 1 radical (unpaired) electrons. The van der Waals surface area contributed by atoms with Gasteiger partial charge in [-0.2, -0.15) is 0 Å². The van der Waals surface area contributed by atoms with Gasteiger partial charge in [-0.25, -0.2) is 57.2 Å². The number of benzene rings is 5. The van der Waals surface area contributed by atoms with Gasteiger partial charge >= 0.3 is 106 Å². The fraction of sp³-hybridized carbons (Fsp3) is 0.0256. The molecule has 24 nitrogen and oxygen atoms in total. The Morgan fingerprint density at radius 1 is 0.472 bits per heavy atom. The third-order valence-corrected chi connectivity index (χ3v) is 15.6. The van der Waals surface area contributed by atoms with Gasteiger partial charge in [0.05, 0.1) is 53.5 Å². The van der Waals surface area contributed by atoms with Crippen molar-refractivity contribution in [1.29, 1.82) is 0 Å². The SMILES string of the molecule is Cc1c(N)cc(NS(=O)(=O)c2ccc3c4nc5nc(nc6[n-]c(nc7nc(nc([n-]4)c3c2)-c2ccc(S(N)(=O)=O)cc2-7)c2ccc(S(=O)(=O)[O-])cc62)-c2ccc(S(=O)(=O)[O-])cc2-5)cc1S(=O)(=O)[O-].[Cu+2].[Na+].[Na+].[Na+]. The summed E-state index contributed by atoms with van der Waals surface area (Å²) in [5.74, 6) is -0.863. The minimum atomic E-state index is -5.10. The van der Waals surface area contributed by atoms with Crippen LogP contribution in [0.15, 0.2) is 109 Å². The van der Waals surface area contributed by atoms with Crippen molar-refractivity contribution in [2.45, 2.75) is 31.4 Å². The Balaban J connectivity index is 0.00000212. The van der Waals surface area contributed by atoms with E-state index in [0.29, 0.717) is 0 Å². The van der Waals surface area contributed by atoms with E-state index in [1.165, 1.54) is 31.2 Å². The molecule has 0 saturated heterocycles. The predicted octanol–water partition coefficient (Wildman–Crippen LogP) is -6.81. The summed E-state index contributed by atoms with van der Waals surface area (Å²) < 4.78 is 164. The molecule has 0 unspecified atom stereocenters. The minimum Gasteiger partial charge on any atom is -0.744 e. The first kappa shape index (κ1) is 57.4. The average molecular weight is 1150 g/mol. The summed E-state index contributed by atoms with van der Waals surface area (Å²) in [6.45, 7) is 1.27. The number of nitrogens with one attached hydrogen (secondary N) is 1. The molecule has 2 aliphatic rings. The summed E-state index contributed by atoms with van der Waals surface area (Å²) in [5.41, 5.74) is 4.61. The van der Waals surface area contributed by atoms with Crippen molar-refractivity contribution < 1.29 is 161 Å². The summed E-state index contributed by atoms with van der Waals surface area (Å²) in [6, 6.07) is 15.5. The van der Waals surface area contributed by atoms with Crippen molar-refractivity contribution in [2.75, 3.05) is 10.5 Å². The van der Waals surface area contributed by atoms with Crippen LogP contribution in [0.1, 0.15) is 5.56 Å². The van der Waals surface area contributed by atoms with Gasteiger partial charge in [-0.15, -0.1) is 0 Å². The number of hydrogen-bond acceptors (Lipinski definition) is 20. The van der Waals surface area contributed by atoms with Crippen molar-refractivity contribution >= 4 is 106 Å². The largest absolute Gasteiger partial charge is 2.00 e. The van der Waals surface area contributed by atoms with E-state index in [1.807, 2.05) is 0 Å². The van der Waals surface area contributed by atoms with E-state index >= 15 is 0 Å². The number of nitrogen functional groups attached to an aromatic ring is 1. The summed E-state index contributed by atoms with van der Waals surface area (Å²) >= 11 is 0. The van der Waals surface area contributed by atoms with Crippen LogP contribution in [0.25, 0.3) is 89.7 Å². The van der Waals surface area contributed by atoms with Gasteiger partial charge in [0.25, 0.3) is 10.0 Å². The Kier molecular flexibility index (Phi) is 16.0. The van der Waals surface area contributed by atoms with Gasteiger partial charge in [0.15, 0.2) is 0 Å². The fourth-order valence-corrected chi connectivity index (χ4v) is 10.8. The second-order valence-electron chi connectivity index (χ2n) is 15.0. The average Bonchev–Trinajstić information content (AvgIpc) is 3.98. The second-order valence-corrected chi connectivity index (χ2v) is 22.4. The Labute approximate surface area is 484 Å². The quantitative estimate of drug-likeness (QED) is 0.0758. The van der Waals surface area contributed by atoms with Gasteiger partial charge in [0.1, 0.15) is 30.4 Å². The van der Waals surface area contributed by atoms with Crippen molar-refractivity contribution in [3.05, 3.63) is 90.5 Å². The zero-order chi connectivity index (χ0) is 48.6. The molecule has 0 saturated carbocycles. The number of aromatic nitrogens is 8. The number of nitrogens with two attached hydrogens (primary N) is 2. The van der Waals surface area contributed by atoms with E-state index in [2.05, 4.69) is 44.6 Å². The predicted molar refractivity (Wildman–Crippen MR) is 236 cm³/mol. The van der Waals surface area contributed by atoms with Crippen molar-refractivity contribution in [3.8, 4) is 45.6 Å². The maximum absolute atomic E-state index is 14.0. The van der Waals surface area contributed by atoms with Crippen LogP contribution < -0.4 is 114 Å². The standard InChI is InChI=1S/C39H25N11O13S5.Cu.3Na/c1-16-30(40)10-17(11-31(16)68(61,62)63)50-65(53,54)19-3-7-23-27(13-19)37-44-32-22-6-2-18(64(41,51)52)12-26(22)36(42-32)43-34-24-8-4-20(66(55,56)57)14-28(24)39(47-34)49-35-25-9-5-21(67(58,59)60)15-29(25)38(48-35)46-33(23)45-37;;;;/h2-15,50H,40H2,1H3,(H5-2,41,42,43,44,45,46,47,48,49,51,52,55,56,57,58,59,60,61,62,63);;;;/q-2;+2;3*+1/p-3. The molecule has 355 valence electrons. The third kappa shape index (κ3) is 10.6. The first-order valence-electron chi connectivity index (χ1n) is 18.9. The molecule has 5 aromatic carbocycles. The molecule has 8 aromatic rings. The van der Waals surface area contributed by atoms with Crippen LogP contribution in [0, 0.1) is 6.92 Å². The molecule has 72 heavy (non-hydrogen) atoms. The first-order valence-corrected chi connectivity index (χ1v) is 26.1. The van der Waals surface area contributed by atoms with E-state index in [-0.39, 0.29) is 217 Å². The molecule has 5 heterocycles. The first-order chi connectivity index (χ1) is 31.7. The topological polar surface area (TPSA) is 409 Å². The van der Waals surface area contributed by atoms with Crippen LogP contribution in [-0.2, 0) is 67.5 Å². The molecule has 8 bridgehead atoms. The van der Waals surface area contributed by atoms with Gasteiger partial charge in [-0.05, 0) is 94.7 Å².